The standard InChI is InChI=1S/C18H38S.CCl4/c1-2-3-4-5-6-7-8-9-10-11-12-13-14-15-16-17-18-19;2-1(3,4)5/h19H,2-18H2,1H3;. The minimum Gasteiger partial charge on any atom is -0.179 e. The summed E-state index contributed by atoms with van der Waals surface area (Å²) < 4.78 is -1.61. The molecule has 148 valence electrons. The highest BCUT2D eigenvalue weighted by atomic mass is 35.6. The summed E-state index contributed by atoms with van der Waals surface area (Å²) in [6, 6.07) is 0. The van der Waals surface area contributed by atoms with Crippen LogP contribution in [0.1, 0.15) is 110 Å². The first kappa shape index (κ1) is 27.7. The zero-order chi connectivity index (χ0) is 18.5. The van der Waals surface area contributed by atoms with E-state index in [1.54, 1.807) is 0 Å². The molecule has 0 fully saturated rings. The van der Waals surface area contributed by atoms with Gasteiger partial charge in [0.25, 0.3) is 3.25 Å². The molecule has 5 heteroatoms. The molecular weight excluding hydrogens is 402 g/mol. The van der Waals surface area contributed by atoms with Crippen molar-refractivity contribution in [2.75, 3.05) is 5.75 Å². The van der Waals surface area contributed by atoms with Crippen molar-refractivity contribution in [1.29, 1.82) is 0 Å². The van der Waals surface area contributed by atoms with Crippen molar-refractivity contribution in [3.63, 3.8) is 0 Å². The first-order chi connectivity index (χ1) is 11.4. The fourth-order valence-corrected chi connectivity index (χ4v) is 2.88. The molecule has 0 bridgehead atoms. The monoisotopic (exact) mass is 438 g/mol. The van der Waals surface area contributed by atoms with Crippen LogP contribution in [0.3, 0.4) is 0 Å². The molecule has 0 N–H and O–H groups in total. The molecule has 0 rings (SSSR count). The summed E-state index contributed by atoms with van der Waals surface area (Å²) in [4.78, 5) is 0. The van der Waals surface area contributed by atoms with E-state index < -0.39 is 3.25 Å². The van der Waals surface area contributed by atoms with Crippen LogP contribution in [0.25, 0.3) is 0 Å². The Morgan fingerprint density at radius 1 is 0.500 bits per heavy atom. The van der Waals surface area contributed by atoms with E-state index in [0.29, 0.717) is 0 Å². The maximum Gasteiger partial charge on any atom is 0.266 e. The second kappa shape index (κ2) is 22.6. The Kier molecular flexibility index (Phi) is 26.1. The molecule has 0 atom stereocenters. The van der Waals surface area contributed by atoms with Crippen molar-refractivity contribution in [1.82, 2.24) is 0 Å². The number of rotatable bonds is 16. The molecule has 0 aliphatic rings. The third kappa shape index (κ3) is 38.9. The molecule has 0 heterocycles. The lowest BCUT2D eigenvalue weighted by Crippen LogP contribution is -1.83. The Morgan fingerprint density at radius 2 is 0.708 bits per heavy atom. The normalized spacial score (nSPS) is 11.2. The van der Waals surface area contributed by atoms with Gasteiger partial charge in [-0.3, -0.25) is 0 Å². The van der Waals surface area contributed by atoms with Gasteiger partial charge in [0.15, 0.2) is 0 Å². The Balaban J connectivity index is 0. The molecule has 0 radical (unpaired) electrons. The van der Waals surface area contributed by atoms with Crippen molar-refractivity contribution in [3.8, 4) is 0 Å². The third-order valence-electron chi connectivity index (χ3n) is 4.01. The van der Waals surface area contributed by atoms with Gasteiger partial charge < -0.3 is 0 Å². The summed E-state index contributed by atoms with van der Waals surface area (Å²) >= 11 is 23.5. The van der Waals surface area contributed by atoms with E-state index in [9.17, 15) is 0 Å². The zero-order valence-electron chi connectivity index (χ0n) is 15.5. The number of unbranched alkanes of at least 4 members (excludes halogenated alkanes) is 15. The summed E-state index contributed by atoms with van der Waals surface area (Å²) in [5.41, 5.74) is 0. The lowest BCUT2D eigenvalue weighted by molar-refractivity contribution is 0.532. The van der Waals surface area contributed by atoms with Crippen LogP contribution >= 0.6 is 59.0 Å². The molecule has 0 aliphatic carbocycles. The van der Waals surface area contributed by atoms with E-state index >= 15 is 0 Å². The van der Waals surface area contributed by atoms with Gasteiger partial charge in [-0.25, -0.2) is 0 Å². The Bertz CT molecular complexity index is 198. The molecular formula is C19H38Cl4S. The number of thiol groups is 1. The smallest absolute Gasteiger partial charge is 0.179 e. The Labute approximate surface area is 177 Å². The molecule has 0 spiro atoms. The van der Waals surface area contributed by atoms with Gasteiger partial charge in [-0.2, -0.15) is 12.6 Å². The van der Waals surface area contributed by atoms with Gasteiger partial charge in [0.1, 0.15) is 0 Å². The Hall–Kier alpha value is 1.51. The van der Waals surface area contributed by atoms with Gasteiger partial charge in [0.2, 0.25) is 0 Å². The molecule has 0 aromatic heterocycles. The summed E-state index contributed by atoms with van der Waals surface area (Å²) in [6.07, 6.45) is 23.1. The fraction of sp³-hybridized carbons (Fsp3) is 1.00. The van der Waals surface area contributed by atoms with Crippen LogP contribution in [-0.4, -0.2) is 9.00 Å². The summed E-state index contributed by atoms with van der Waals surface area (Å²) in [5, 5.41) is 0. The second-order valence-electron chi connectivity index (χ2n) is 6.46. The average molecular weight is 440 g/mol. The van der Waals surface area contributed by atoms with Gasteiger partial charge in [-0.1, -0.05) is 150 Å². The summed E-state index contributed by atoms with van der Waals surface area (Å²) in [5.74, 6) is 1.07. The first-order valence-corrected chi connectivity index (χ1v) is 11.9. The van der Waals surface area contributed by atoms with Gasteiger partial charge in [-0.15, -0.1) is 0 Å². The van der Waals surface area contributed by atoms with Crippen LogP contribution in [0.4, 0.5) is 0 Å². The molecule has 0 aromatic rings. The van der Waals surface area contributed by atoms with E-state index in [1.807, 2.05) is 0 Å². The third-order valence-corrected chi connectivity index (χ3v) is 4.33. The number of halogens is 4. The van der Waals surface area contributed by atoms with Crippen molar-refractivity contribution in [2.45, 2.75) is 113 Å². The lowest BCUT2D eigenvalue weighted by Gasteiger charge is -2.03. The highest BCUT2D eigenvalue weighted by molar-refractivity contribution is 7.80. The fourth-order valence-electron chi connectivity index (χ4n) is 2.66. The maximum absolute atomic E-state index is 4.83. The minimum atomic E-state index is -1.61. The SMILES string of the molecule is CCCCCCCCCCCCCCCCCCS.ClC(Cl)(Cl)Cl. The lowest BCUT2D eigenvalue weighted by atomic mass is 10.0. The Morgan fingerprint density at radius 3 is 0.917 bits per heavy atom. The molecule has 0 amide bonds. The van der Waals surface area contributed by atoms with Crippen LogP contribution in [0.15, 0.2) is 0 Å². The van der Waals surface area contributed by atoms with Gasteiger partial charge in [0, 0.05) is 0 Å². The molecule has 0 aromatic carbocycles. The van der Waals surface area contributed by atoms with Crippen LogP contribution in [0.2, 0.25) is 0 Å². The molecule has 24 heavy (non-hydrogen) atoms. The maximum atomic E-state index is 4.83. The molecule has 0 saturated heterocycles. The minimum absolute atomic E-state index is 1.07. The number of hydrogen-bond acceptors (Lipinski definition) is 1. The van der Waals surface area contributed by atoms with Crippen molar-refractivity contribution in [3.05, 3.63) is 0 Å². The van der Waals surface area contributed by atoms with Gasteiger partial charge >= 0.3 is 0 Å². The number of hydrogen-bond donors (Lipinski definition) is 1. The second-order valence-corrected chi connectivity index (χ2v) is 10.3. The van der Waals surface area contributed by atoms with Crippen molar-refractivity contribution in [2.24, 2.45) is 0 Å². The average Bonchev–Trinajstić information content (AvgIpc) is 2.49. The zero-order valence-corrected chi connectivity index (χ0v) is 19.4. The van der Waals surface area contributed by atoms with Crippen molar-refractivity contribution >= 4 is 59.0 Å². The highest BCUT2D eigenvalue weighted by Crippen LogP contribution is 2.29. The molecule has 0 aliphatic heterocycles. The number of alkyl halides is 4. The van der Waals surface area contributed by atoms with Gasteiger partial charge in [0.05, 0.1) is 0 Å². The van der Waals surface area contributed by atoms with E-state index in [2.05, 4.69) is 19.6 Å². The molecule has 0 nitrogen and oxygen atoms in total. The highest BCUT2D eigenvalue weighted by Gasteiger charge is 2.11. The van der Waals surface area contributed by atoms with Crippen LogP contribution < -0.4 is 0 Å². The van der Waals surface area contributed by atoms with E-state index in [4.69, 9.17) is 46.4 Å². The van der Waals surface area contributed by atoms with E-state index in [-0.39, 0.29) is 0 Å². The van der Waals surface area contributed by atoms with Crippen LogP contribution in [-0.2, 0) is 0 Å². The largest absolute Gasteiger partial charge is 0.266 e. The quantitative estimate of drug-likeness (QED) is 0.138. The summed E-state index contributed by atoms with van der Waals surface area (Å²) in [6.45, 7) is 2.29. The first-order valence-electron chi connectivity index (χ1n) is 9.78. The molecule has 0 unspecified atom stereocenters. The summed E-state index contributed by atoms with van der Waals surface area (Å²) in [7, 11) is 0. The predicted octanol–water partition coefficient (Wildman–Crippen LogP) is 9.73. The van der Waals surface area contributed by atoms with Gasteiger partial charge in [-0.05, 0) is 12.2 Å². The predicted molar refractivity (Wildman–Crippen MR) is 120 cm³/mol. The topological polar surface area (TPSA) is 0 Å². The van der Waals surface area contributed by atoms with E-state index in [1.165, 1.54) is 103 Å². The molecule has 0 saturated carbocycles. The van der Waals surface area contributed by atoms with Crippen LogP contribution in [0.5, 0.6) is 0 Å². The van der Waals surface area contributed by atoms with Crippen molar-refractivity contribution < 1.29 is 0 Å². The van der Waals surface area contributed by atoms with Crippen LogP contribution in [0, 0.1) is 0 Å². The van der Waals surface area contributed by atoms with E-state index in [0.717, 1.165) is 5.75 Å².